The molecule has 0 radical (unpaired) electrons. The predicted molar refractivity (Wildman–Crippen MR) is 118 cm³/mol. The number of amides is 1. The van der Waals surface area contributed by atoms with E-state index in [9.17, 15) is 21.6 Å². The number of nitrogens with zero attached hydrogens (tertiary/aromatic N) is 3. The fraction of sp³-hybridized carbons (Fsp3) is 0.667. The Kier molecular flexibility index (Phi) is 6.44. The summed E-state index contributed by atoms with van der Waals surface area (Å²) in [5, 5.41) is 0. The molecule has 8 nitrogen and oxygen atoms in total. The molecule has 0 aromatic heterocycles. The second-order valence-corrected chi connectivity index (χ2v) is 12.7. The Labute approximate surface area is 185 Å². The van der Waals surface area contributed by atoms with Gasteiger partial charge in [0.1, 0.15) is 0 Å². The van der Waals surface area contributed by atoms with E-state index < -0.39 is 20.0 Å². The Balaban J connectivity index is 1.36. The Bertz CT molecular complexity index is 1050. The Morgan fingerprint density at radius 1 is 0.839 bits per heavy atom. The largest absolute Gasteiger partial charge is 0.341 e. The SMILES string of the molecule is CS(=O)(=O)N1CCCN(C(=O)C2CCN(S(=O)(=O)c3ccc4c(c3)CCC4)CC2)CC1. The van der Waals surface area contributed by atoms with Gasteiger partial charge in [-0.3, -0.25) is 4.79 Å². The van der Waals surface area contributed by atoms with Crippen LogP contribution < -0.4 is 0 Å². The molecule has 0 N–H and O–H groups in total. The maximum absolute atomic E-state index is 13.1. The molecule has 31 heavy (non-hydrogen) atoms. The summed E-state index contributed by atoms with van der Waals surface area (Å²) in [6, 6.07) is 5.46. The summed E-state index contributed by atoms with van der Waals surface area (Å²) >= 11 is 0. The Hall–Kier alpha value is -1.49. The molecule has 2 aliphatic heterocycles. The first-order chi connectivity index (χ1) is 14.7. The van der Waals surface area contributed by atoms with Crippen LogP contribution in [-0.4, -0.2) is 81.8 Å². The number of carbonyl (C=O) groups excluding carboxylic acids is 1. The van der Waals surface area contributed by atoms with Crippen LogP contribution in [0.4, 0.5) is 0 Å². The van der Waals surface area contributed by atoms with E-state index in [1.165, 1.54) is 20.4 Å². The third-order valence-electron chi connectivity index (χ3n) is 6.75. The highest BCUT2D eigenvalue weighted by molar-refractivity contribution is 7.89. The van der Waals surface area contributed by atoms with Crippen molar-refractivity contribution in [2.24, 2.45) is 5.92 Å². The van der Waals surface area contributed by atoms with Gasteiger partial charge in [-0.25, -0.2) is 21.1 Å². The monoisotopic (exact) mass is 469 g/mol. The number of rotatable bonds is 4. The van der Waals surface area contributed by atoms with E-state index >= 15 is 0 Å². The fourth-order valence-electron chi connectivity index (χ4n) is 4.90. The van der Waals surface area contributed by atoms with Crippen LogP contribution in [0.5, 0.6) is 0 Å². The zero-order chi connectivity index (χ0) is 22.2. The number of aryl methyl sites for hydroxylation is 2. The average molecular weight is 470 g/mol. The predicted octanol–water partition coefficient (Wildman–Crippen LogP) is 1.07. The Morgan fingerprint density at radius 3 is 2.26 bits per heavy atom. The summed E-state index contributed by atoms with van der Waals surface area (Å²) in [5.41, 5.74) is 2.38. The number of fused-ring (bicyclic) bond motifs is 1. The lowest BCUT2D eigenvalue weighted by molar-refractivity contribution is -0.136. The van der Waals surface area contributed by atoms with E-state index in [1.54, 1.807) is 11.0 Å². The van der Waals surface area contributed by atoms with Crippen molar-refractivity contribution in [2.75, 3.05) is 45.5 Å². The van der Waals surface area contributed by atoms with Crippen molar-refractivity contribution in [1.29, 1.82) is 0 Å². The minimum absolute atomic E-state index is 0.0185. The first-order valence-corrected chi connectivity index (χ1v) is 14.3. The van der Waals surface area contributed by atoms with E-state index in [0.717, 1.165) is 24.8 Å². The Morgan fingerprint density at radius 2 is 1.55 bits per heavy atom. The highest BCUT2D eigenvalue weighted by Crippen LogP contribution is 2.29. The van der Waals surface area contributed by atoms with Crippen molar-refractivity contribution in [3.63, 3.8) is 0 Å². The third kappa shape index (κ3) is 4.81. The molecule has 4 rings (SSSR count). The van der Waals surface area contributed by atoms with Gasteiger partial charge in [-0.2, -0.15) is 4.31 Å². The summed E-state index contributed by atoms with van der Waals surface area (Å²) in [5.74, 6) is -0.193. The molecule has 1 aliphatic carbocycles. The quantitative estimate of drug-likeness (QED) is 0.657. The molecule has 0 unspecified atom stereocenters. The van der Waals surface area contributed by atoms with Crippen LogP contribution in [-0.2, 0) is 37.7 Å². The van der Waals surface area contributed by atoms with Crippen LogP contribution >= 0.6 is 0 Å². The highest BCUT2D eigenvalue weighted by atomic mass is 32.2. The van der Waals surface area contributed by atoms with Crippen molar-refractivity contribution in [2.45, 2.75) is 43.4 Å². The molecule has 2 fully saturated rings. The minimum atomic E-state index is -3.55. The molecule has 2 saturated heterocycles. The number of sulfonamides is 2. The molecule has 0 bridgehead atoms. The van der Waals surface area contributed by atoms with Crippen molar-refractivity contribution >= 4 is 26.0 Å². The van der Waals surface area contributed by atoms with E-state index in [4.69, 9.17) is 0 Å². The number of hydrogen-bond acceptors (Lipinski definition) is 5. The van der Waals surface area contributed by atoms with E-state index in [-0.39, 0.29) is 11.8 Å². The van der Waals surface area contributed by atoms with Gasteiger partial charge in [-0.1, -0.05) is 6.07 Å². The van der Waals surface area contributed by atoms with Gasteiger partial charge in [0, 0.05) is 45.2 Å². The first kappa shape index (κ1) is 22.7. The number of piperidine rings is 1. The summed E-state index contributed by atoms with van der Waals surface area (Å²) in [4.78, 5) is 15.1. The molecule has 172 valence electrons. The normalized spacial score (nSPS) is 22.3. The smallest absolute Gasteiger partial charge is 0.243 e. The number of hydrogen-bond donors (Lipinski definition) is 0. The van der Waals surface area contributed by atoms with Gasteiger partial charge in [0.2, 0.25) is 26.0 Å². The van der Waals surface area contributed by atoms with E-state index in [0.29, 0.717) is 63.4 Å². The molecule has 1 aromatic carbocycles. The molecular weight excluding hydrogens is 438 g/mol. The molecule has 0 saturated carbocycles. The molecule has 1 aromatic rings. The summed E-state index contributed by atoms with van der Waals surface area (Å²) in [6.45, 7) is 2.34. The molecule has 0 spiro atoms. The maximum Gasteiger partial charge on any atom is 0.243 e. The minimum Gasteiger partial charge on any atom is -0.341 e. The molecule has 2 heterocycles. The number of benzene rings is 1. The van der Waals surface area contributed by atoms with Crippen LogP contribution in [0.15, 0.2) is 23.1 Å². The molecule has 10 heteroatoms. The lowest BCUT2D eigenvalue weighted by atomic mass is 9.96. The molecule has 1 amide bonds. The van der Waals surface area contributed by atoms with Gasteiger partial charge in [0.15, 0.2) is 0 Å². The topological polar surface area (TPSA) is 95.1 Å². The van der Waals surface area contributed by atoms with Crippen molar-refractivity contribution < 1.29 is 21.6 Å². The van der Waals surface area contributed by atoms with Crippen molar-refractivity contribution in [3.05, 3.63) is 29.3 Å². The standard InChI is InChI=1S/C21H31N3O5S2/c1-30(26,27)23-11-3-10-22(14-15-23)21(25)18-8-12-24(13-9-18)31(28,29)20-7-6-17-4-2-5-19(17)16-20/h6-7,16,18H,2-5,8-15H2,1H3. The maximum atomic E-state index is 13.1. The van der Waals surface area contributed by atoms with Crippen molar-refractivity contribution in [3.8, 4) is 0 Å². The fourth-order valence-corrected chi connectivity index (χ4v) is 7.30. The molecular formula is C21H31N3O5S2. The van der Waals surface area contributed by atoms with E-state index in [2.05, 4.69) is 0 Å². The third-order valence-corrected chi connectivity index (χ3v) is 9.94. The van der Waals surface area contributed by atoms with Crippen LogP contribution in [0, 0.1) is 5.92 Å². The van der Waals surface area contributed by atoms with Crippen LogP contribution in [0.2, 0.25) is 0 Å². The van der Waals surface area contributed by atoms with Crippen LogP contribution in [0.25, 0.3) is 0 Å². The highest BCUT2D eigenvalue weighted by Gasteiger charge is 2.35. The summed E-state index contributed by atoms with van der Waals surface area (Å²) in [6.07, 6.45) is 5.82. The second kappa shape index (κ2) is 8.80. The molecule has 0 atom stereocenters. The number of carbonyl (C=O) groups is 1. The van der Waals surface area contributed by atoms with Gasteiger partial charge in [0.05, 0.1) is 11.2 Å². The zero-order valence-electron chi connectivity index (χ0n) is 18.0. The second-order valence-electron chi connectivity index (χ2n) is 8.80. The average Bonchev–Trinajstić information content (AvgIpc) is 3.06. The van der Waals surface area contributed by atoms with Gasteiger partial charge in [-0.15, -0.1) is 0 Å². The first-order valence-electron chi connectivity index (χ1n) is 11.0. The lowest BCUT2D eigenvalue weighted by Crippen LogP contribution is -2.45. The lowest BCUT2D eigenvalue weighted by Gasteiger charge is -2.33. The van der Waals surface area contributed by atoms with Gasteiger partial charge < -0.3 is 4.90 Å². The van der Waals surface area contributed by atoms with Gasteiger partial charge in [0.25, 0.3) is 0 Å². The van der Waals surface area contributed by atoms with Gasteiger partial charge in [-0.05, 0) is 61.8 Å². The van der Waals surface area contributed by atoms with Gasteiger partial charge >= 0.3 is 0 Å². The summed E-state index contributed by atoms with van der Waals surface area (Å²) in [7, 11) is -6.81. The van der Waals surface area contributed by atoms with Crippen molar-refractivity contribution in [1.82, 2.24) is 13.5 Å². The zero-order valence-corrected chi connectivity index (χ0v) is 19.6. The molecule has 3 aliphatic rings. The van der Waals surface area contributed by atoms with Crippen LogP contribution in [0.3, 0.4) is 0 Å². The van der Waals surface area contributed by atoms with E-state index in [1.807, 2.05) is 12.1 Å². The summed E-state index contributed by atoms with van der Waals surface area (Å²) < 4.78 is 52.7. The van der Waals surface area contributed by atoms with Crippen LogP contribution in [0.1, 0.15) is 36.8 Å².